The monoisotopic (exact) mass is 320 g/mol. The zero-order valence-electron chi connectivity index (χ0n) is 12.9. The molecule has 3 nitrogen and oxygen atoms in total. The maximum atomic E-state index is 13.0. The van der Waals surface area contributed by atoms with E-state index in [1.807, 2.05) is 30.9 Å². The van der Waals surface area contributed by atoms with Crippen molar-refractivity contribution in [1.29, 1.82) is 0 Å². The van der Waals surface area contributed by atoms with Crippen molar-refractivity contribution < 1.29 is 9.18 Å². The number of rotatable bonds is 6. The molecule has 0 fully saturated rings. The second-order valence-electron chi connectivity index (χ2n) is 5.43. The molecule has 0 bridgehead atoms. The second-order valence-corrected chi connectivity index (χ2v) is 6.60. The van der Waals surface area contributed by atoms with Crippen LogP contribution in [0.3, 0.4) is 0 Å². The molecule has 1 aromatic heterocycles. The van der Waals surface area contributed by atoms with Crippen molar-refractivity contribution in [2.24, 2.45) is 5.73 Å². The van der Waals surface area contributed by atoms with Crippen molar-refractivity contribution in [3.63, 3.8) is 0 Å². The third kappa shape index (κ3) is 4.15. The quantitative estimate of drug-likeness (QED) is 0.883. The molecule has 1 aromatic carbocycles. The molecule has 0 atom stereocenters. The van der Waals surface area contributed by atoms with Gasteiger partial charge in [0.25, 0.3) is 0 Å². The number of nitrogens with zero attached hydrogens (tertiary/aromatic N) is 1. The lowest BCUT2D eigenvalue weighted by atomic mass is 10.2. The largest absolute Gasteiger partial charge is 0.335 e. The predicted octanol–water partition coefficient (Wildman–Crippen LogP) is 3.64. The Balaban J connectivity index is 2.13. The molecule has 1 amide bonds. The van der Waals surface area contributed by atoms with Crippen LogP contribution in [0.15, 0.2) is 36.4 Å². The summed E-state index contributed by atoms with van der Waals surface area (Å²) < 4.78 is 13.0. The van der Waals surface area contributed by atoms with Crippen LogP contribution < -0.4 is 5.73 Å². The van der Waals surface area contributed by atoms with Crippen molar-refractivity contribution in [2.75, 3.05) is 6.54 Å². The molecule has 0 aliphatic rings. The Bertz CT molecular complexity index is 622. The first-order chi connectivity index (χ1) is 10.5. The Kier molecular flexibility index (Phi) is 5.69. The van der Waals surface area contributed by atoms with Crippen LogP contribution >= 0.6 is 11.3 Å². The lowest BCUT2D eigenvalue weighted by Crippen LogP contribution is -2.37. The highest BCUT2D eigenvalue weighted by Crippen LogP contribution is 2.29. The molecule has 0 saturated heterocycles. The Morgan fingerprint density at radius 1 is 1.23 bits per heavy atom. The van der Waals surface area contributed by atoms with Gasteiger partial charge in [-0.2, -0.15) is 0 Å². The summed E-state index contributed by atoms with van der Waals surface area (Å²) in [6, 6.07) is 10.6. The van der Waals surface area contributed by atoms with Gasteiger partial charge in [-0.1, -0.05) is 12.1 Å². The summed E-state index contributed by atoms with van der Waals surface area (Å²) in [5.74, 6) is -0.159. The van der Waals surface area contributed by atoms with E-state index in [2.05, 4.69) is 0 Å². The molecular weight excluding hydrogens is 299 g/mol. The Morgan fingerprint density at radius 2 is 1.91 bits per heavy atom. The zero-order chi connectivity index (χ0) is 16.1. The fraction of sp³-hybridized carbons (Fsp3) is 0.353. The third-order valence-corrected chi connectivity index (χ3v) is 4.54. The average molecular weight is 320 g/mol. The number of carbonyl (C=O) groups excluding carboxylic acids is 1. The Labute approximate surface area is 134 Å². The van der Waals surface area contributed by atoms with Crippen LogP contribution in [0.5, 0.6) is 0 Å². The van der Waals surface area contributed by atoms with E-state index < -0.39 is 0 Å². The van der Waals surface area contributed by atoms with E-state index in [9.17, 15) is 9.18 Å². The van der Waals surface area contributed by atoms with Crippen LogP contribution in [-0.4, -0.2) is 23.4 Å². The summed E-state index contributed by atoms with van der Waals surface area (Å²) in [5, 5.41) is 0. The van der Waals surface area contributed by atoms with E-state index in [-0.39, 0.29) is 17.8 Å². The molecule has 2 aromatic rings. The smallest absolute Gasteiger partial charge is 0.224 e. The minimum atomic E-state index is -0.237. The highest BCUT2D eigenvalue weighted by atomic mass is 32.1. The van der Waals surface area contributed by atoms with E-state index in [0.717, 1.165) is 15.3 Å². The fourth-order valence-corrected chi connectivity index (χ4v) is 3.24. The second kappa shape index (κ2) is 7.51. The number of nitrogens with two attached hydrogens (primary N) is 1. The topological polar surface area (TPSA) is 46.3 Å². The maximum Gasteiger partial charge on any atom is 0.224 e. The minimum Gasteiger partial charge on any atom is -0.335 e. The number of hydrogen-bond acceptors (Lipinski definition) is 3. The molecule has 22 heavy (non-hydrogen) atoms. The number of halogens is 1. The van der Waals surface area contributed by atoms with Gasteiger partial charge in [0.1, 0.15) is 5.82 Å². The van der Waals surface area contributed by atoms with Crippen LogP contribution in [0.2, 0.25) is 0 Å². The number of carbonyl (C=O) groups is 1. The van der Waals surface area contributed by atoms with Crippen LogP contribution in [0, 0.1) is 5.82 Å². The van der Waals surface area contributed by atoms with Gasteiger partial charge < -0.3 is 10.6 Å². The summed E-state index contributed by atoms with van der Waals surface area (Å²) in [4.78, 5) is 16.1. The van der Waals surface area contributed by atoms with Crippen LogP contribution in [0.4, 0.5) is 4.39 Å². The summed E-state index contributed by atoms with van der Waals surface area (Å²) in [6.45, 7) is 4.96. The molecule has 0 unspecified atom stereocenters. The fourth-order valence-electron chi connectivity index (χ4n) is 2.23. The summed E-state index contributed by atoms with van der Waals surface area (Å²) in [5.41, 5.74) is 6.47. The minimum absolute atomic E-state index is 0.0780. The van der Waals surface area contributed by atoms with Crippen molar-refractivity contribution in [1.82, 2.24) is 4.90 Å². The molecule has 2 N–H and O–H groups in total. The lowest BCUT2D eigenvalue weighted by Gasteiger charge is -2.26. The maximum absolute atomic E-state index is 13.0. The van der Waals surface area contributed by atoms with E-state index in [4.69, 9.17) is 5.73 Å². The number of thiophene rings is 1. The molecular formula is C17H21FN2OS. The van der Waals surface area contributed by atoms with Gasteiger partial charge in [0.05, 0.1) is 6.54 Å². The van der Waals surface area contributed by atoms with Gasteiger partial charge in [0, 0.05) is 28.8 Å². The van der Waals surface area contributed by atoms with Gasteiger partial charge in [-0.05, 0) is 43.7 Å². The molecule has 0 aliphatic heterocycles. The van der Waals surface area contributed by atoms with E-state index in [0.29, 0.717) is 19.5 Å². The summed E-state index contributed by atoms with van der Waals surface area (Å²) in [6.07, 6.45) is 0.369. The molecule has 2 rings (SSSR count). The standard InChI is InChI=1S/C17H21FN2OS/c1-12(2)20(17(21)9-10-19)11-15-7-8-16(22-15)13-3-5-14(18)6-4-13/h3-8,12H,9-11,19H2,1-2H3. The first-order valence-corrected chi connectivity index (χ1v) is 8.17. The molecule has 0 aliphatic carbocycles. The average Bonchev–Trinajstić information content (AvgIpc) is 2.94. The molecule has 1 heterocycles. The Morgan fingerprint density at radius 3 is 2.50 bits per heavy atom. The first kappa shape index (κ1) is 16.6. The highest BCUT2D eigenvalue weighted by molar-refractivity contribution is 7.15. The molecule has 118 valence electrons. The molecule has 0 saturated carbocycles. The van der Waals surface area contributed by atoms with E-state index >= 15 is 0 Å². The van der Waals surface area contributed by atoms with Gasteiger partial charge in [-0.25, -0.2) is 4.39 Å². The lowest BCUT2D eigenvalue weighted by molar-refractivity contribution is -0.133. The first-order valence-electron chi connectivity index (χ1n) is 7.35. The number of hydrogen-bond donors (Lipinski definition) is 1. The predicted molar refractivity (Wildman–Crippen MR) is 89.1 cm³/mol. The van der Waals surface area contributed by atoms with Crippen molar-refractivity contribution >= 4 is 17.2 Å². The van der Waals surface area contributed by atoms with Gasteiger partial charge >= 0.3 is 0 Å². The van der Waals surface area contributed by atoms with Crippen LogP contribution in [-0.2, 0) is 11.3 Å². The van der Waals surface area contributed by atoms with Crippen LogP contribution in [0.1, 0.15) is 25.1 Å². The molecule has 0 spiro atoms. The van der Waals surface area contributed by atoms with Gasteiger partial charge in [0.2, 0.25) is 5.91 Å². The SMILES string of the molecule is CC(C)N(Cc1ccc(-c2ccc(F)cc2)s1)C(=O)CCN. The molecule has 0 radical (unpaired) electrons. The van der Waals surface area contributed by atoms with Crippen LogP contribution in [0.25, 0.3) is 10.4 Å². The van der Waals surface area contributed by atoms with Gasteiger partial charge in [0.15, 0.2) is 0 Å². The molecule has 5 heteroatoms. The third-order valence-electron chi connectivity index (χ3n) is 3.42. The Hall–Kier alpha value is -1.72. The summed E-state index contributed by atoms with van der Waals surface area (Å²) >= 11 is 1.63. The van der Waals surface area contributed by atoms with Crippen molar-refractivity contribution in [2.45, 2.75) is 32.9 Å². The normalized spacial score (nSPS) is 11.0. The van der Waals surface area contributed by atoms with Crippen molar-refractivity contribution in [3.8, 4) is 10.4 Å². The zero-order valence-corrected chi connectivity index (χ0v) is 13.7. The number of amides is 1. The highest BCUT2D eigenvalue weighted by Gasteiger charge is 2.17. The van der Waals surface area contributed by atoms with Gasteiger partial charge in [-0.3, -0.25) is 4.79 Å². The van der Waals surface area contributed by atoms with E-state index in [1.165, 1.54) is 12.1 Å². The van der Waals surface area contributed by atoms with Crippen molar-refractivity contribution in [3.05, 3.63) is 47.1 Å². The summed E-state index contributed by atoms with van der Waals surface area (Å²) in [7, 11) is 0. The van der Waals surface area contributed by atoms with E-state index in [1.54, 1.807) is 23.5 Å². The van der Waals surface area contributed by atoms with Gasteiger partial charge in [-0.15, -0.1) is 11.3 Å². The number of benzene rings is 1.